The van der Waals surface area contributed by atoms with Crippen molar-refractivity contribution >= 4 is 35.2 Å². The van der Waals surface area contributed by atoms with Gasteiger partial charge in [-0.25, -0.2) is 9.77 Å². The molecule has 106 valence electrons. The third-order valence-electron chi connectivity index (χ3n) is 2.45. The summed E-state index contributed by atoms with van der Waals surface area (Å²) in [7, 11) is 0. The maximum atomic E-state index is 5.27. The average molecular weight is 319 g/mol. The lowest BCUT2D eigenvalue weighted by Gasteiger charge is -2.10. The summed E-state index contributed by atoms with van der Waals surface area (Å²) in [5.74, 6) is 0.418. The van der Waals surface area contributed by atoms with Crippen LogP contribution in [0.2, 0.25) is 0 Å². The molecule has 0 aliphatic rings. The minimum absolute atomic E-state index is 0.230. The van der Waals surface area contributed by atoms with Crippen molar-refractivity contribution in [3.63, 3.8) is 0 Å². The molecule has 0 bridgehead atoms. The smallest absolute Gasteiger partial charge is 0.284 e. The van der Waals surface area contributed by atoms with Gasteiger partial charge in [0, 0.05) is 11.3 Å². The minimum atomic E-state index is 0.230. The summed E-state index contributed by atoms with van der Waals surface area (Å²) in [5.41, 5.74) is 4.44. The zero-order valence-electron chi connectivity index (χ0n) is 10.5. The normalized spacial score (nSPS) is 10.3. The zero-order valence-corrected chi connectivity index (χ0v) is 12.1. The molecule has 10 heteroatoms. The summed E-state index contributed by atoms with van der Waals surface area (Å²) in [6, 6.07) is 7.42. The molecular formula is C11H9N7OS2. The summed E-state index contributed by atoms with van der Waals surface area (Å²) in [4.78, 5) is 0.230. The lowest BCUT2D eigenvalue weighted by Crippen LogP contribution is -2.26. The Labute approximate surface area is 129 Å². The number of hydrogen-bond donors (Lipinski definition) is 3. The van der Waals surface area contributed by atoms with Gasteiger partial charge in [0.25, 0.3) is 4.84 Å². The van der Waals surface area contributed by atoms with Gasteiger partial charge in [0.1, 0.15) is 12.7 Å². The molecule has 0 amide bonds. The number of thiocarbonyl (C=S) groups is 1. The van der Waals surface area contributed by atoms with E-state index in [4.69, 9.17) is 28.9 Å². The van der Waals surface area contributed by atoms with Crippen molar-refractivity contribution in [2.75, 3.05) is 10.7 Å². The summed E-state index contributed by atoms with van der Waals surface area (Å²) >= 11 is 10.0. The number of anilines is 1. The Hall–Kier alpha value is -2.59. The van der Waals surface area contributed by atoms with E-state index < -0.39 is 0 Å². The van der Waals surface area contributed by atoms with E-state index in [9.17, 15) is 0 Å². The van der Waals surface area contributed by atoms with Crippen LogP contribution >= 0.6 is 24.4 Å². The topological polar surface area (TPSA) is 96.6 Å². The second kappa shape index (κ2) is 5.81. The fourth-order valence-electron chi connectivity index (χ4n) is 1.62. The second-order valence-electron chi connectivity index (χ2n) is 3.93. The fourth-order valence-corrected chi connectivity index (χ4v) is 1.97. The number of nitrogens with one attached hydrogen (secondary N) is 3. The molecule has 8 nitrogen and oxygen atoms in total. The van der Waals surface area contributed by atoms with Crippen LogP contribution in [0.1, 0.15) is 0 Å². The first-order valence-electron chi connectivity index (χ1n) is 5.79. The Balaban J connectivity index is 1.74. The molecule has 0 fully saturated rings. The van der Waals surface area contributed by atoms with Crippen LogP contribution in [0.4, 0.5) is 5.69 Å². The van der Waals surface area contributed by atoms with Crippen molar-refractivity contribution in [3.8, 4) is 11.5 Å². The zero-order chi connectivity index (χ0) is 14.7. The molecule has 0 atom stereocenters. The summed E-state index contributed by atoms with van der Waals surface area (Å²) in [5, 5.41) is 17.3. The van der Waals surface area contributed by atoms with Crippen molar-refractivity contribution in [2.24, 2.45) is 0 Å². The highest BCUT2D eigenvalue weighted by atomic mass is 32.1. The van der Waals surface area contributed by atoms with Gasteiger partial charge >= 0.3 is 0 Å². The van der Waals surface area contributed by atoms with Gasteiger partial charge in [0.15, 0.2) is 5.11 Å². The molecule has 0 unspecified atom stereocenters. The van der Waals surface area contributed by atoms with E-state index >= 15 is 0 Å². The lowest BCUT2D eigenvalue weighted by atomic mass is 10.2. The fraction of sp³-hybridized carbons (Fsp3) is 0. The van der Waals surface area contributed by atoms with Crippen LogP contribution in [0, 0.1) is 4.84 Å². The SMILES string of the molecule is S=C(Nc1cccc(-c2n[nH]c(=S)o2)c1)Nn1cnnc1. The van der Waals surface area contributed by atoms with E-state index in [2.05, 4.69) is 31.1 Å². The third kappa shape index (κ3) is 3.30. The van der Waals surface area contributed by atoms with Crippen LogP contribution in [0.3, 0.4) is 0 Å². The highest BCUT2D eigenvalue weighted by Crippen LogP contribution is 2.20. The van der Waals surface area contributed by atoms with Crippen LogP contribution in [0.25, 0.3) is 11.5 Å². The largest absolute Gasteiger partial charge is 0.409 e. The van der Waals surface area contributed by atoms with Gasteiger partial charge in [-0.1, -0.05) is 6.07 Å². The van der Waals surface area contributed by atoms with Crippen LogP contribution in [-0.4, -0.2) is 30.2 Å². The molecule has 0 aliphatic heterocycles. The first-order chi connectivity index (χ1) is 10.2. The van der Waals surface area contributed by atoms with Gasteiger partial charge in [-0.2, -0.15) is 0 Å². The van der Waals surface area contributed by atoms with Crippen molar-refractivity contribution < 1.29 is 4.42 Å². The molecule has 2 heterocycles. The van der Waals surface area contributed by atoms with E-state index in [1.165, 1.54) is 17.3 Å². The number of hydrogen-bond acceptors (Lipinski definition) is 6. The van der Waals surface area contributed by atoms with Gasteiger partial charge in [0.2, 0.25) is 5.89 Å². The second-order valence-corrected chi connectivity index (χ2v) is 4.71. The van der Waals surface area contributed by atoms with Gasteiger partial charge in [-0.15, -0.1) is 15.3 Å². The average Bonchev–Trinajstić information content (AvgIpc) is 3.10. The molecule has 0 saturated heterocycles. The molecule has 3 rings (SSSR count). The van der Waals surface area contributed by atoms with Gasteiger partial charge < -0.3 is 9.73 Å². The first kappa shape index (κ1) is 13.4. The molecule has 0 radical (unpaired) electrons. The van der Waals surface area contributed by atoms with Crippen molar-refractivity contribution in [2.45, 2.75) is 0 Å². The number of rotatable bonds is 3. The van der Waals surface area contributed by atoms with Crippen LogP contribution in [0.15, 0.2) is 41.3 Å². The quantitative estimate of drug-likeness (QED) is 0.630. The Bertz CT molecular complexity index is 808. The van der Waals surface area contributed by atoms with Crippen molar-refractivity contribution in [1.82, 2.24) is 25.1 Å². The van der Waals surface area contributed by atoms with E-state index in [1.807, 2.05) is 24.3 Å². The van der Waals surface area contributed by atoms with Gasteiger partial charge in [0.05, 0.1) is 0 Å². The summed E-state index contributed by atoms with van der Waals surface area (Å²) < 4.78 is 6.80. The predicted molar refractivity (Wildman–Crippen MR) is 82.7 cm³/mol. The van der Waals surface area contributed by atoms with Crippen LogP contribution in [0.5, 0.6) is 0 Å². The van der Waals surface area contributed by atoms with Gasteiger partial charge in [-0.3, -0.25) is 5.43 Å². The molecule has 3 N–H and O–H groups in total. The maximum absolute atomic E-state index is 5.27. The Morgan fingerprint density at radius 3 is 2.81 bits per heavy atom. The maximum Gasteiger partial charge on any atom is 0.284 e. The van der Waals surface area contributed by atoms with E-state index in [1.54, 1.807) is 0 Å². The molecule has 2 aromatic heterocycles. The van der Waals surface area contributed by atoms with Gasteiger partial charge in [-0.05, 0) is 42.6 Å². The standard InChI is InChI=1S/C11H9N7OS2/c20-10(17-18-5-12-13-6-18)14-8-3-1-2-7(4-8)9-15-16-11(21)19-9/h1-6H,(H,16,21)(H2,14,17,20). The lowest BCUT2D eigenvalue weighted by molar-refractivity contribution is 0.552. The van der Waals surface area contributed by atoms with E-state index in [0.29, 0.717) is 11.0 Å². The van der Waals surface area contributed by atoms with Crippen molar-refractivity contribution in [1.29, 1.82) is 0 Å². The summed E-state index contributed by atoms with van der Waals surface area (Å²) in [6.45, 7) is 0. The number of H-pyrrole nitrogens is 1. The number of nitrogens with zero attached hydrogens (tertiary/aromatic N) is 4. The molecule has 3 aromatic rings. The molecule has 21 heavy (non-hydrogen) atoms. The molecule has 1 aromatic carbocycles. The first-order valence-corrected chi connectivity index (χ1v) is 6.61. The van der Waals surface area contributed by atoms with Crippen LogP contribution < -0.4 is 10.7 Å². The van der Waals surface area contributed by atoms with E-state index in [-0.39, 0.29) is 4.84 Å². The van der Waals surface area contributed by atoms with E-state index in [0.717, 1.165) is 11.3 Å². The minimum Gasteiger partial charge on any atom is -0.409 e. The Morgan fingerprint density at radius 2 is 2.10 bits per heavy atom. The number of aromatic nitrogens is 5. The predicted octanol–water partition coefficient (Wildman–Crippen LogP) is 1.93. The summed E-state index contributed by atoms with van der Waals surface area (Å²) in [6.07, 6.45) is 3.00. The highest BCUT2D eigenvalue weighted by molar-refractivity contribution is 7.80. The third-order valence-corrected chi connectivity index (χ3v) is 2.82. The molecular weight excluding hydrogens is 310 g/mol. The molecule has 0 aliphatic carbocycles. The number of aromatic amines is 1. The monoisotopic (exact) mass is 319 g/mol. The number of benzene rings is 1. The molecule has 0 spiro atoms. The van der Waals surface area contributed by atoms with Crippen LogP contribution in [-0.2, 0) is 0 Å². The molecule has 0 saturated carbocycles. The van der Waals surface area contributed by atoms with Crippen molar-refractivity contribution in [3.05, 3.63) is 41.8 Å². The highest BCUT2D eigenvalue weighted by Gasteiger charge is 2.05. The Morgan fingerprint density at radius 1 is 1.29 bits per heavy atom. The Kier molecular flexibility index (Phi) is 3.71.